The predicted octanol–water partition coefficient (Wildman–Crippen LogP) is 2.68. The summed E-state index contributed by atoms with van der Waals surface area (Å²) in [6.45, 7) is 7.50. The molecular weight excluding hydrogens is 236 g/mol. The maximum Gasteiger partial charge on any atom is 0.251 e. The Labute approximate surface area is 115 Å². The minimum absolute atomic E-state index is 0.0378. The molecule has 1 fully saturated rings. The van der Waals surface area contributed by atoms with Crippen molar-refractivity contribution in [2.45, 2.75) is 51.6 Å². The molecule has 1 saturated heterocycles. The first kappa shape index (κ1) is 14.1. The van der Waals surface area contributed by atoms with E-state index in [0.29, 0.717) is 12.0 Å². The molecule has 19 heavy (non-hydrogen) atoms. The summed E-state index contributed by atoms with van der Waals surface area (Å²) in [6.07, 6.45) is 2.19. The number of hydrogen-bond acceptors (Lipinski definition) is 2. The van der Waals surface area contributed by atoms with Crippen LogP contribution in [0.4, 0.5) is 0 Å². The molecule has 2 rings (SSSR count). The summed E-state index contributed by atoms with van der Waals surface area (Å²) in [4.78, 5) is 12.2. The van der Waals surface area contributed by atoms with Crippen LogP contribution in [0.1, 0.15) is 55.5 Å². The van der Waals surface area contributed by atoms with Gasteiger partial charge >= 0.3 is 0 Å². The largest absolute Gasteiger partial charge is 0.348 e. The van der Waals surface area contributed by atoms with Gasteiger partial charge in [0.05, 0.1) is 0 Å². The van der Waals surface area contributed by atoms with Gasteiger partial charge in [-0.15, -0.1) is 0 Å². The first-order valence-electron chi connectivity index (χ1n) is 7.22. The van der Waals surface area contributed by atoms with Crippen LogP contribution in [0, 0.1) is 0 Å². The fourth-order valence-electron chi connectivity index (χ4n) is 2.51. The van der Waals surface area contributed by atoms with Crippen molar-refractivity contribution in [1.29, 1.82) is 0 Å². The van der Waals surface area contributed by atoms with Gasteiger partial charge in [-0.1, -0.05) is 26.0 Å². The van der Waals surface area contributed by atoms with E-state index in [-0.39, 0.29) is 11.9 Å². The SMILES string of the molecule is CC(C)c1ccc(C(=O)NC2CCCNC2C)cc1. The van der Waals surface area contributed by atoms with Crippen LogP contribution in [-0.4, -0.2) is 24.5 Å². The second-order valence-electron chi connectivity index (χ2n) is 5.74. The van der Waals surface area contributed by atoms with E-state index in [0.717, 1.165) is 24.9 Å². The molecule has 0 radical (unpaired) electrons. The van der Waals surface area contributed by atoms with Crippen molar-refractivity contribution >= 4 is 5.91 Å². The molecule has 1 aromatic rings. The lowest BCUT2D eigenvalue weighted by atomic mass is 9.98. The predicted molar refractivity (Wildman–Crippen MR) is 78.5 cm³/mol. The standard InChI is InChI=1S/C16H24N2O/c1-11(2)13-6-8-14(9-7-13)16(19)18-15-5-4-10-17-12(15)3/h6-9,11-12,15,17H,4-5,10H2,1-3H3,(H,18,19). The Kier molecular flexibility index (Phi) is 4.59. The Morgan fingerprint density at radius 2 is 2.00 bits per heavy atom. The molecule has 2 N–H and O–H groups in total. The topological polar surface area (TPSA) is 41.1 Å². The lowest BCUT2D eigenvalue weighted by molar-refractivity contribution is 0.0920. The Balaban J connectivity index is 1.99. The highest BCUT2D eigenvalue weighted by molar-refractivity contribution is 5.94. The zero-order valence-electron chi connectivity index (χ0n) is 12.1. The van der Waals surface area contributed by atoms with Crippen molar-refractivity contribution in [1.82, 2.24) is 10.6 Å². The Morgan fingerprint density at radius 1 is 1.32 bits per heavy atom. The molecule has 0 aliphatic carbocycles. The summed E-state index contributed by atoms with van der Waals surface area (Å²) in [5.41, 5.74) is 2.02. The second-order valence-corrected chi connectivity index (χ2v) is 5.74. The van der Waals surface area contributed by atoms with E-state index in [4.69, 9.17) is 0 Å². The summed E-state index contributed by atoms with van der Waals surface area (Å²) in [6, 6.07) is 8.53. The highest BCUT2D eigenvalue weighted by atomic mass is 16.1. The van der Waals surface area contributed by atoms with Crippen LogP contribution in [0.5, 0.6) is 0 Å². The van der Waals surface area contributed by atoms with Gasteiger partial charge in [0.1, 0.15) is 0 Å². The third-order valence-electron chi connectivity index (χ3n) is 3.92. The number of carbonyl (C=O) groups excluding carboxylic acids is 1. The zero-order valence-corrected chi connectivity index (χ0v) is 12.1. The van der Waals surface area contributed by atoms with E-state index in [9.17, 15) is 4.79 Å². The molecule has 0 spiro atoms. The van der Waals surface area contributed by atoms with Crippen molar-refractivity contribution in [3.63, 3.8) is 0 Å². The van der Waals surface area contributed by atoms with Gasteiger partial charge in [0.2, 0.25) is 0 Å². The minimum atomic E-state index is 0.0378. The zero-order chi connectivity index (χ0) is 13.8. The monoisotopic (exact) mass is 260 g/mol. The highest BCUT2D eigenvalue weighted by Gasteiger charge is 2.22. The van der Waals surface area contributed by atoms with E-state index in [2.05, 4.69) is 31.4 Å². The van der Waals surface area contributed by atoms with Crippen molar-refractivity contribution in [3.05, 3.63) is 35.4 Å². The van der Waals surface area contributed by atoms with Gasteiger partial charge in [0, 0.05) is 17.6 Å². The average Bonchev–Trinajstić information content (AvgIpc) is 2.41. The molecule has 3 nitrogen and oxygen atoms in total. The van der Waals surface area contributed by atoms with Crippen molar-refractivity contribution in [3.8, 4) is 0 Å². The van der Waals surface area contributed by atoms with Crippen molar-refractivity contribution in [2.24, 2.45) is 0 Å². The van der Waals surface area contributed by atoms with Gasteiger partial charge in [-0.25, -0.2) is 0 Å². The van der Waals surface area contributed by atoms with Crippen LogP contribution in [0.3, 0.4) is 0 Å². The van der Waals surface area contributed by atoms with Gasteiger partial charge in [-0.2, -0.15) is 0 Å². The first-order chi connectivity index (χ1) is 9.08. The quantitative estimate of drug-likeness (QED) is 0.877. The summed E-state index contributed by atoms with van der Waals surface area (Å²) < 4.78 is 0. The number of carbonyl (C=O) groups is 1. The fourth-order valence-corrected chi connectivity index (χ4v) is 2.51. The van der Waals surface area contributed by atoms with E-state index in [1.165, 1.54) is 5.56 Å². The summed E-state index contributed by atoms with van der Waals surface area (Å²) in [7, 11) is 0. The number of nitrogens with one attached hydrogen (secondary N) is 2. The van der Waals surface area contributed by atoms with Crippen molar-refractivity contribution < 1.29 is 4.79 Å². The third-order valence-corrected chi connectivity index (χ3v) is 3.92. The number of benzene rings is 1. The molecule has 3 heteroatoms. The van der Waals surface area contributed by atoms with Gasteiger partial charge < -0.3 is 10.6 Å². The average molecular weight is 260 g/mol. The highest BCUT2D eigenvalue weighted by Crippen LogP contribution is 2.15. The molecule has 1 aliphatic rings. The Morgan fingerprint density at radius 3 is 2.58 bits per heavy atom. The molecule has 2 unspecified atom stereocenters. The number of amides is 1. The smallest absolute Gasteiger partial charge is 0.251 e. The summed E-state index contributed by atoms with van der Waals surface area (Å²) >= 11 is 0. The maximum atomic E-state index is 12.2. The summed E-state index contributed by atoms with van der Waals surface area (Å²) in [5.74, 6) is 0.538. The molecule has 0 aromatic heterocycles. The first-order valence-corrected chi connectivity index (χ1v) is 7.22. The van der Waals surface area contributed by atoms with Crippen LogP contribution in [0.2, 0.25) is 0 Å². The van der Waals surface area contributed by atoms with Crippen LogP contribution in [-0.2, 0) is 0 Å². The lowest BCUT2D eigenvalue weighted by Crippen LogP contribution is -2.51. The molecular formula is C16H24N2O. The summed E-state index contributed by atoms with van der Waals surface area (Å²) in [5, 5.41) is 6.53. The minimum Gasteiger partial charge on any atom is -0.348 e. The van der Waals surface area contributed by atoms with Gasteiger partial charge in [-0.3, -0.25) is 4.79 Å². The molecule has 1 heterocycles. The van der Waals surface area contributed by atoms with E-state index in [1.54, 1.807) is 0 Å². The molecule has 1 aromatic carbocycles. The molecule has 2 atom stereocenters. The molecule has 104 valence electrons. The molecule has 1 amide bonds. The van der Waals surface area contributed by atoms with Crippen molar-refractivity contribution in [2.75, 3.05) is 6.54 Å². The molecule has 1 aliphatic heterocycles. The van der Waals surface area contributed by atoms with Gasteiger partial charge in [0.15, 0.2) is 0 Å². The number of piperidine rings is 1. The molecule has 0 bridgehead atoms. The normalized spacial score (nSPS) is 23.4. The number of rotatable bonds is 3. The van der Waals surface area contributed by atoms with E-state index < -0.39 is 0 Å². The lowest BCUT2D eigenvalue weighted by Gasteiger charge is -2.30. The number of hydrogen-bond donors (Lipinski definition) is 2. The third kappa shape index (κ3) is 3.57. The van der Waals surface area contributed by atoms with Gasteiger partial charge in [-0.05, 0) is 49.9 Å². The Hall–Kier alpha value is -1.35. The fraction of sp³-hybridized carbons (Fsp3) is 0.562. The van der Waals surface area contributed by atoms with E-state index in [1.807, 2.05) is 24.3 Å². The van der Waals surface area contributed by atoms with Crippen LogP contribution >= 0.6 is 0 Å². The molecule has 0 saturated carbocycles. The van der Waals surface area contributed by atoms with E-state index >= 15 is 0 Å². The van der Waals surface area contributed by atoms with Crippen LogP contribution in [0.15, 0.2) is 24.3 Å². The second kappa shape index (κ2) is 6.20. The van der Waals surface area contributed by atoms with Gasteiger partial charge in [0.25, 0.3) is 5.91 Å². The van der Waals surface area contributed by atoms with Crippen LogP contribution < -0.4 is 10.6 Å². The Bertz CT molecular complexity index is 425. The van der Waals surface area contributed by atoms with Crippen LogP contribution in [0.25, 0.3) is 0 Å². The maximum absolute atomic E-state index is 12.2.